The minimum absolute atomic E-state index is 0.468. The normalized spacial score (nSPS) is 13.2. The highest BCUT2D eigenvalue weighted by Crippen LogP contribution is 2.31. The summed E-state index contributed by atoms with van der Waals surface area (Å²) in [5.74, 6) is 1.75. The lowest BCUT2D eigenvalue weighted by Gasteiger charge is -2.17. The molecule has 0 unspecified atom stereocenters. The van der Waals surface area contributed by atoms with Crippen LogP contribution in [-0.4, -0.2) is 44.0 Å². The minimum atomic E-state index is 0.468. The molecule has 0 fully saturated rings. The van der Waals surface area contributed by atoms with Crippen LogP contribution in [0, 0.1) is 0 Å². The molecule has 1 aliphatic rings. The van der Waals surface area contributed by atoms with E-state index in [-0.39, 0.29) is 0 Å². The number of hydrogen-bond acceptors (Lipinski definition) is 5. The SMILES string of the molecule is CCN(C)Cc1nnc2n1-c1c(Br)cccc1C(c1ccccn1)=NC2. The van der Waals surface area contributed by atoms with Crippen molar-refractivity contribution in [3.05, 3.63) is 70.0 Å². The Hall–Kier alpha value is -2.38. The van der Waals surface area contributed by atoms with Gasteiger partial charge in [-0.25, -0.2) is 0 Å². The van der Waals surface area contributed by atoms with E-state index in [1.54, 1.807) is 6.20 Å². The fraction of sp³-hybridized carbons (Fsp3) is 0.263. The molecular formula is C19H19BrN6. The van der Waals surface area contributed by atoms with E-state index in [1.165, 1.54) is 0 Å². The lowest BCUT2D eigenvalue weighted by molar-refractivity contribution is 0.333. The highest BCUT2D eigenvalue weighted by Gasteiger charge is 2.25. The van der Waals surface area contributed by atoms with Gasteiger partial charge in [0.1, 0.15) is 6.54 Å². The second kappa shape index (κ2) is 7.09. The summed E-state index contributed by atoms with van der Waals surface area (Å²) in [7, 11) is 2.08. The quantitative estimate of drug-likeness (QED) is 0.662. The van der Waals surface area contributed by atoms with E-state index in [4.69, 9.17) is 4.99 Å². The number of aliphatic imine (C=N–C) groups is 1. The molecule has 1 aliphatic heterocycles. The van der Waals surface area contributed by atoms with E-state index in [0.29, 0.717) is 6.54 Å². The minimum Gasteiger partial charge on any atom is -0.299 e. The van der Waals surface area contributed by atoms with Gasteiger partial charge in [-0.3, -0.25) is 19.4 Å². The Morgan fingerprint density at radius 3 is 2.81 bits per heavy atom. The molecule has 0 spiro atoms. The van der Waals surface area contributed by atoms with Crippen LogP contribution in [0.3, 0.4) is 0 Å². The summed E-state index contributed by atoms with van der Waals surface area (Å²) in [6, 6.07) is 12.0. The number of hydrogen-bond donors (Lipinski definition) is 0. The van der Waals surface area contributed by atoms with Gasteiger partial charge < -0.3 is 0 Å². The average Bonchev–Trinajstić information content (AvgIpc) is 2.96. The topological polar surface area (TPSA) is 59.2 Å². The second-order valence-corrected chi connectivity index (χ2v) is 7.07. The van der Waals surface area contributed by atoms with E-state index in [9.17, 15) is 0 Å². The summed E-state index contributed by atoms with van der Waals surface area (Å²) in [5.41, 5.74) is 3.78. The molecule has 3 heterocycles. The predicted molar refractivity (Wildman–Crippen MR) is 105 cm³/mol. The number of pyridine rings is 1. The first-order valence-electron chi connectivity index (χ1n) is 8.56. The third-order valence-corrected chi connectivity index (χ3v) is 5.14. The summed E-state index contributed by atoms with van der Waals surface area (Å²) in [4.78, 5) is 11.5. The maximum Gasteiger partial charge on any atom is 0.159 e. The summed E-state index contributed by atoms with van der Waals surface area (Å²) in [5, 5.41) is 8.84. The number of rotatable bonds is 4. The van der Waals surface area contributed by atoms with Gasteiger partial charge in [0.25, 0.3) is 0 Å². The molecule has 0 amide bonds. The van der Waals surface area contributed by atoms with Crippen LogP contribution in [0.15, 0.2) is 52.1 Å². The molecule has 0 atom stereocenters. The van der Waals surface area contributed by atoms with Crippen LogP contribution < -0.4 is 0 Å². The van der Waals surface area contributed by atoms with Crippen molar-refractivity contribution in [3.63, 3.8) is 0 Å². The molecule has 1 aromatic carbocycles. The molecular weight excluding hydrogens is 392 g/mol. The summed E-state index contributed by atoms with van der Waals surface area (Å²) >= 11 is 3.72. The largest absolute Gasteiger partial charge is 0.299 e. The molecule has 7 heteroatoms. The van der Waals surface area contributed by atoms with E-state index in [2.05, 4.69) is 60.6 Å². The fourth-order valence-corrected chi connectivity index (χ4v) is 3.60. The Morgan fingerprint density at radius 2 is 2.04 bits per heavy atom. The Bertz CT molecular complexity index is 963. The molecule has 0 N–H and O–H groups in total. The molecule has 6 nitrogen and oxygen atoms in total. The number of halogens is 1. The number of benzene rings is 1. The van der Waals surface area contributed by atoms with Gasteiger partial charge in [0.05, 0.1) is 23.6 Å². The van der Waals surface area contributed by atoms with E-state index in [0.717, 1.165) is 51.9 Å². The van der Waals surface area contributed by atoms with Gasteiger partial charge in [0.15, 0.2) is 11.6 Å². The number of nitrogens with zero attached hydrogens (tertiary/aromatic N) is 6. The monoisotopic (exact) mass is 410 g/mol. The smallest absolute Gasteiger partial charge is 0.159 e. The van der Waals surface area contributed by atoms with E-state index < -0.39 is 0 Å². The third kappa shape index (κ3) is 2.97. The summed E-state index contributed by atoms with van der Waals surface area (Å²) in [6.07, 6.45) is 1.79. The van der Waals surface area contributed by atoms with Crippen LogP contribution >= 0.6 is 15.9 Å². The van der Waals surface area contributed by atoms with Crippen LogP contribution in [0.2, 0.25) is 0 Å². The standard InChI is InChI=1S/C19H19BrN6/c1-3-25(2)12-17-24-23-16-11-22-18(15-9-4-5-10-21-15)13-7-6-8-14(20)19(13)26(16)17/h4-10H,3,11-12H2,1-2H3. The molecule has 0 saturated carbocycles. The molecule has 0 bridgehead atoms. The maximum atomic E-state index is 4.83. The van der Waals surface area contributed by atoms with Crippen LogP contribution in [-0.2, 0) is 13.1 Å². The summed E-state index contributed by atoms with van der Waals surface area (Å²) in [6.45, 7) is 4.27. The average molecular weight is 411 g/mol. The van der Waals surface area contributed by atoms with Crippen molar-refractivity contribution in [1.82, 2.24) is 24.6 Å². The van der Waals surface area contributed by atoms with Crippen LogP contribution in [0.1, 0.15) is 29.8 Å². The molecule has 0 radical (unpaired) electrons. The predicted octanol–water partition coefficient (Wildman–Crippen LogP) is 3.23. The van der Waals surface area contributed by atoms with Gasteiger partial charge in [-0.1, -0.05) is 25.1 Å². The van der Waals surface area contributed by atoms with Crippen LogP contribution in [0.4, 0.5) is 0 Å². The molecule has 0 aliphatic carbocycles. The lowest BCUT2D eigenvalue weighted by Crippen LogP contribution is -2.20. The van der Waals surface area contributed by atoms with Crippen molar-refractivity contribution in [2.45, 2.75) is 20.0 Å². The Morgan fingerprint density at radius 1 is 1.15 bits per heavy atom. The highest BCUT2D eigenvalue weighted by molar-refractivity contribution is 9.10. The summed E-state index contributed by atoms with van der Waals surface area (Å²) < 4.78 is 3.12. The highest BCUT2D eigenvalue weighted by atomic mass is 79.9. The zero-order chi connectivity index (χ0) is 18.1. The first-order valence-corrected chi connectivity index (χ1v) is 9.35. The molecule has 0 saturated heterocycles. The molecule has 3 aromatic rings. The second-order valence-electron chi connectivity index (χ2n) is 6.21. The van der Waals surface area contributed by atoms with Crippen molar-refractivity contribution in [1.29, 1.82) is 0 Å². The third-order valence-electron chi connectivity index (χ3n) is 4.50. The Balaban J connectivity index is 1.92. The molecule has 26 heavy (non-hydrogen) atoms. The van der Waals surface area contributed by atoms with E-state index >= 15 is 0 Å². The zero-order valence-corrected chi connectivity index (χ0v) is 16.3. The van der Waals surface area contributed by atoms with Crippen molar-refractivity contribution >= 4 is 21.6 Å². The Labute approximate surface area is 160 Å². The number of aromatic nitrogens is 4. The van der Waals surface area contributed by atoms with Gasteiger partial charge in [-0.05, 0) is 47.7 Å². The lowest BCUT2D eigenvalue weighted by atomic mass is 10.0. The van der Waals surface area contributed by atoms with Crippen molar-refractivity contribution in [2.75, 3.05) is 13.6 Å². The van der Waals surface area contributed by atoms with Gasteiger partial charge in [0, 0.05) is 16.2 Å². The van der Waals surface area contributed by atoms with Crippen molar-refractivity contribution in [3.8, 4) is 5.69 Å². The Kier molecular flexibility index (Phi) is 4.65. The van der Waals surface area contributed by atoms with Gasteiger partial charge in [0.2, 0.25) is 0 Å². The number of para-hydroxylation sites is 1. The van der Waals surface area contributed by atoms with Crippen LogP contribution in [0.25, 0.3) is 5.69 Å². The first kappa shape index (κ1) is 17.1. The zero-order valence-electron chi connectivity index (χ0n) is 14.7. The van der Waals surface area contributed by atoms with Gasteiger partial charge >= 0.3 is 0 Å². The number of fused-ring (bicyclic) bond motifs is 3. The first-order chi connectivity index (χ1) is 12.7. The van der Waals surface area contributed by atoms with Crippen LogP contribution in [0.5, 0.6) is 0 Å². The van der Waals surface area contributed by atoms with Gasteiger partial charge in [-0.2, -0.15) is 0 Å². The van der Waals surface area contributed by atoms with E-state index in [1.807, 2.05) is 30.3 Å². The molecule has 132 valence electrons. The van der Waals surface area contributed by atoms with Crippen molar-refractivity contribution in [2.24, 2.45) is 4.99 Å². The molecule has 4 rings (SSSR count). The fourth-order valence-electron chi connectivity index (χ4n) is 3.06. The maximum absolute atomic E-state index is 4.83. The van der Waals surface area contributed by atoms with Crippen molar-refractivity contribution < 1.29 is 0 Å². The van der Waals surface area contributed by atoms with Gasteiger partial charge in [-0.15, -0.1) is 10.2 Å². The molecule has 2 aromatic heterocycles.